The zero-order chi connectivity index (χ0) is 18.5. The number of thiocarbonyl (C=S) groups is 1. The van der Waals surface area contributed by atoms with E-state index in [0.717, 1.165) is 5.56 Å². The normalized spacial score (nSPS) is 15.4. The van der Waals surface area contributed by atoms with Gasteiger partial charge in [0.25, 0.3) is 5.91 Å². The van der Waals surface area contributed by atoms with Gasteiger partial charge < -0.3 is 4.74 Å². The molecule has 4 nitrogen and oxygen atoms in total. The molecular weight excluding hydrogens is 366 g/mol. The van der Waals surface area contributed by atoms with Crippen molar-refractivity contribution >= 4 is 46.3 Å². The van der Waals surface area contributed by atoms with E-state index in [2.05, 4.69) is 6.58 Å². The van der Waals surface area contributed by atoms with Gasteiger partial charge in [-0.1, -0.05) is 60.4 Å². The molecule has 0 radical (unpaired) electrons. The molecule has 1 fully saturated rings. The van der Waals surface area contributed by atoms with Crippen molar-refractivity contribution in [2.24, 2.45) is 0 Å². The zero-order valence-electron chi connectivity index (χ0n) is 13.8. The number of rotatable bonds is 5. The molecule has 3 rings (SSSR count). The highest BCUT2D eigenvalue weighted by Crippen LogP contribution is 2.32. The highest BCUT2D eigenvalue weighted by atomic mass is 32.2. The summed E-state index contributed by atoms with van der Waals surface area (Å²) in [6, 6.07) is 15.8. The minimum atomic E-state index is -0.431. The Morgan fingerprint density at radius 3 is 2.69 bits per heavy atom. The van der Waals surface area contributed by atoms with Gasteiger partial charge >= 0.3 is 5.97 Å². The summed E-state index contributed by atoms with van der Waals surface area (Å²) in [5.74, 6) is -0.166. The third-order valence-electron chi connectivity index (χ3n) is 3.56. The number of carbonyl (C=O) groups excluding carboxylic acids is 2. The molecule has 2 aromatic carbocycles. The van der Waals surface area contributed by atoms with Gasteiger partial charge in [-0.15, -0.1) is 6.58 Å². The summed E-state index contributed by atoms with van der Waals surface area (Å²) >= 11 is 6.47. The molecule has 1 heterocycles. The van der Waals surface area contributed by atoms with E-state index in [1.807, 2.05) is 12.1 Å². The lowest BCUT2D eigenvalue weighted by Crippen LogP contribution is -2.27. The maximum absolute atomic E-state index is 12.4. The molecule has 1 saturated heterocycles. The molecule has 1 amide bonds. The van der Waals surface area contributed by atoms with E-state index < -0.39 is 5.97 Å². The second kappa shape index (κ2) is 8.12. The Bertz CT molecular complexity index is 906. The monoisotopic (exact) mass is 381 g/mol. The molecular formula is C20H15NO3S2. The van der Waals surface area contributed by atoms with E-state index in [1.165, 1.54) is 16.7 Å². The SMILES string of the molecule is C=CCN1C(=O)/C(=C\c2cccc(OC(=O)c3ccccc3)c2)SC1=S. The summed E-state index contributed by atoms with van der Waals surface area (Å²) in [5, 5.41) is 0. The van der Waals surface area contributed by atoms with E-state index in [4.69, 9.17) is 17.0 Å². The van der Waals surface area contributed by atoms with Crippen LogP contribution in [0.5, 0.6) is 5.75 Å². The van der Waals surface area contributed by atoms with Gasteiger partial charge in [-0.05, 0) is 35.9 Å². The fourth-order valence-electron chi connectivity index (χ4n) is 2.35. The minimum absolute atomic E-state index is 0.147. The molecule has 1 aliphatic rings. The first kappa shape index (κ1) is 18.1. The molecule has 0 aliphatic carbocycles. The van der Waals surface area contributed by atoms with Crippen molar-refractivity contribution in [2.45, 2.75) is 0 Å². The predicted octanol–water partition coefficient (Wildman–Crippen LogP) is 4.29. The van der Waals surface area contributed by atoms with Gasteiger partial charge in [-0.3, -0.25) is 9.69 Å². The van der Waals surface area contributed by atoms with Gasteiger partial charge in [0.05, 0.1) is 10.5 Å². The van der Waals surface area contributed by atoms with Crippen LogP contribution in [0.3, 0.4) is 0 Å². The third kappa shape index (κ3) is 4.09. The smallest absolute Gasteiger partial charge is 0.343 e. The first-order valence-corrected chi connectivity index (χ1v) is 9.04. The molecule has 0 spiro atoms. The molecule has 2 aromatic rings. The molecule has 0 unspecified atom stereocenters. The Morgan fingerprint density at radius 2 is 1.96 bits per heavy atom. The third-order valence-corrected chi connectivity index (χ3v) is 4.94. The zero-order valence-corrected chi connectivity index (χ0v) is 15.4. The van der Waals surface area contributed by atoms with Gasteiger partial charge in [-0.25, -0.2) is 4.79 Å². The number of esters is 1. The van der Waals surface area contributed by atoms with Crippen LogP contribution < -0.4 is 4.74 Å². The summed E-state index contributed by atoms with van der Waals surface area (Å²) < 4.78 is 5.91. The largest absolute Gasteiger partial charge is 0.423 e. The maximum atomic E-state index is 12.4. The molecule has 6 heteroatoms. The summed E-state index contributed by atoms with van der Waals surface area (Å²) in [5.41, 5.74) is 1.23. The molecule has 1 aliphatic heterocycles. The molecule has 0 atom stereocenters. The molecule has 130 valence electrons. The van der Waals surface area contributed by atoms with Crippen LogP contribution >= 0.6 is 24.0 Å². The Hall–Kier alpha value is -2.70. The Kier molecular flexibility index (Phi) is 5.65. The topological polar surface area (TPSA) is 46.6 Å². The Morgan fingerprint density at radius 1 is 1.19 bits per heavy atom. The molecule has 26 heavy (non-hydrogen) atoms. The van der Waals surface area contributed by atoms with Crippen molar-refractivity contribution < 1.29 is 14.3 Å². The van der Waals surface area contributed by atoms with Gasteiger partial charge in [0.1, 0.15) is 10.1 Å². The molecule has 0 bridgehead atoms. The summed E-state index contributed by atoms with van der Waals surface area (Å²) in [4.78, 5) is 26.6. The summed E-state index contributed by atoms with van der Waals surface area (Å²) in [7, 11) is 0. The number of hydrogen-bond donors (Lipinski definition) is 0. The van der Waals surface area contributed by atoms with Crippen LogP contribution in [0.25, 0.3) is 6.08 Å². The van der Waals surface area contributed by atoms with Crippen molar-refractivity contribution in [2.75, 3.05) is 6.54 Å². The first-order chi connectivity index (χ1) is 12.6. The van der Waals surface area contributed by atoms with Crippen LogP contribution in [0.15, 0.2) is 72.2 Å². The van der Waals surface area contributed by atoms with Crippen molar-refractivity contribution in [3.63, 3.8) is 0 Å². The van der Waals surface area contributed by atoms with Crippen LogP contribution in [0.2, 0.25) is 0 Å². The summed E-state index contributed by atoms with van der Waals surface area (Å²) in [6.07, 6.45) is 3.37. The maximum Gasteiger partial charge on any atom is 0.343 e. The fourth-order valence-corrected chi connectivity index (χ4v) is 3.62. The van der Waals surface area contributed by atoms with Gasteiger partial charge in [-0.2, -0.15) is 0 Å². The van der Waals surface area contributed by atoms with E-state index in [9.17, 15) is 9.59 Å². The van der Waals surface area contributed by atoms with Gasteiger partial charge in [0, 0.05) is 6.54 Å². The average Bonchev–Trinajstić information content (AvgIpc) is 2.90. The van der Waals surface area contributed by atoms with Gasteiger partial charge in [0.2, 0.25) is 0 Å². The van der Waals surface area contributed by atoms with E-state index in [-0.39, 0.29) is 5.91 Å². The first-order valence-electron chi connectivity index (χ1n) is 7.82. The molecule has 0 aromatic heterocycles. The van der Waals surface area contributed by atoms with Crippen molar-refractivity contribution in [1.82, 2.24) is 4.90 Å². The number of benzene rings is 2. The minimum Gasteiger partial charge on any atom is -0.423 e. The van der Waals surface area contributed by atoms with Crippen LogP contribution in [-0.2, 0) is 4.79 Å². The van der Waals surface area contributed by atoms with Crippen LogP contribution in [-0.4, -0.2) is 27.6 Å². The standard InChI is InChI=1S/C20H15NO3S2/c1-2-11-21-18(22)17(26-20(21)25)13-14-7-6-10-16(12-14)24-19(23)15-8-4-3-5-9-15/h2-10,12-13H,1,11H2/b17-13+. The second-order valence-corrected chi connectivity index (χ2v) is 7.08. The number of thioether (sulfide) groups is 1. The predicted molar refractivity (Wildman–Crippen MR) is 108 cm³/mol. The van der Waals surface area contributed by atoms with E-state index >= 15 is 0 Å². The van der Waals surface area contributed by atoms with Gasteiger partial charge in [0.15, 0.2) is 0 Å². The van der Waals surface area contributed by atoms with Crippen LogP contribution in [0.4, 0.5) is 0 Å². The van der Waals surface area contributed by atoms with Crippen molar-refractivity contribution in [1.29, 1.82) is 0 Å². The highest BCUT2D eigenvalue weighted by molar-refractivity contribution is 8.26. The van der Waals surface area contributed by atoms with E-state index in [0.29, 0.717) is 27.1 Å². The van der Waals surface area contributed by atoms with Crippen LogP contribution in [0.1, 0.15) is 15.9 Å². The number of nitrogens with zero attached hydrogens (tertiary/aromatic N) is 1. The average molecular weight is 381 g/mol. The fraction of sp³-hybridized carbons (Fsp3) is 0.0500. The lowest BCUT2D eigenvalue weighted by molar-refractivity contribution is -0.121. The molecule has 0 saturated carbocycles. The highest BCUT2D eigenvalue weighted by Gasteiger charge is 2.30. The number of amides is 1. The second-order valence-electron chi connectivity index (χ2n) is 5.41. The molecule has 0 N–H and O–H groups in total. The number of hydrogen-bond acceptors (Lipinski definition) is 5. The Labute approximate surface area is 161 Å². The van der Waals surface area contributed by atoms with Crippen molar-refractivity contribution in [3.8, 4) is 5.75 Å². The number of ether oxygens (including phenoxy) is 1. The Balaban J connectivity index is 1.78. The quantitative estimate of drug-likeness (QED) is 0.254. The lowest BCUT2D eigenvalue weighted by atomic mass is 10.2. The van der Waals surface area contributed by atoms with E-state index in [1.54, 1.807) is 54.6 Å². The summed E-state index contributed by atoms with van der Waals surface area (Å²) in [6.45, 7) is 4.02. The van der Waals surface area contributed by atoms with Crippen LogP contribution in [0, 0.1) is 0 Å². The number of carbonyl (C=O) groups is 2. The van der Waals surface area contributed by atoms with Crippen molar-refractivity contribution in [3.05, 3.63) is 83.3 Å². The lowest BCUT2D eigenvalue weighted by Gasteiger charge is -2.10.